The van der Waals surface area contributed by atoms with Crippen molar-refractivity contribution in [3.63, 3.8) is 0 Å². The van der Waals surface area contributed by atoms with Crippen LogP contribution in [0.4, 0.5) is 4.39 Å². The molecule has 0 radical (unpaired) electrons. The van der Waals surface area contributed by atoms with Crippen LogP contribution in [-0.2, 0) is 6.54 Å². The molecule has 6 aromatic rings. The Bertz CT molecular complexity index is 1770. The lowest BCUT2D eigenvalue weighted by atomic mass is 10.1. The Morgan fingerprint density at radius 3 is 2.74 bits per heavy atom. The van der Waals surface area contributed by atoms with Gasteiger partial charge < -0.3 is 4.98 Å². The SMILES string of the molecule is Fc1cccc(-c2ccnc3nc(-c4n[nH]c5cnc(-c6cncc(CN7CCCCC7)c6)cc45)[nH]c23)c1. The zero-order chi connectivity index (χ0) is 25.5. The molecule has 0 saturated carbocycles. The summed E-state index contributed by atoms with van der Waals surface area (Å²) in [4.78, 5) is 24.2. The number of H-pyrrole nitrogens is 2. The van der Waals surface area contributed by atoms with Crippen molar-refractivity contribution in [3.05, 3.63) is 78.6 Å². The number of hydrogen-bond donors (Lipinski definition) is 2. The lowest BCUT2D eigenvalue weighted by Gasteiger charge is -2.26. The van der Waals surface area contributed by atoms with Crippen molar-refractivity contribution in [1.29, 1.82) is 0 Å². The highest BCUT2D eigenvalue weighted by molar-refractivity contribution is 5.96. The van der Waals surface area contributed by atoms with Gasteiger partial charge in [0.05, 0.1) is 22.9 Å². The zero-order valence-corrected chi connectivity index (χ0v) is 20.7. The van der Waals surface area contributed by atoms with Crippen LogP contribution in [0, 0.1) is 5.82 Å². The Labute approximate surface area is 218 Å². The lowest BCUT2D eigenvalue weighted by molar-refractivity contribution is 0.220. The molecule has 7 rings (SSSR count). The third-order valence-electron chi connectivity index (χ3n) is 7.14. The number of aromatic amines is 2. The number of piperidine rings is 1. The monoisotopic (exact) mass is 504 g/mol. The quantitative estimate of drug-likeness (QED) is 0.310. The van der Waals surface area contributed by atoms with Gasteiger partial charge in [-0.2, -0.15) is 5.10 Å². The van der Waals surface area contributed by atoms with Crippen molar-refractivity contribution in [3.8, 4) is 33.9 Å². The molecule has 1 aliphatic heterocycles. The van der Waals surface area contributed by atoms with Gasteiger partial charge in [-0.15, -0.1) is 0 Å². The lowest BCUT2D eigenvalue weighted by Crippen LogP contribution is -2.29. The fourth-order valence-electron chi connectivity index (χ4n) is 5.26. The van der Waals surface area contributed by atoms with Crippen molar-refractivity contribution >= 4 is 22.1 Å². The minimum absolute atomic E-state index is 0.292. The van der Waals surface area contributed by atoms with Gasteiger partial charge in [0.1, 0.15) is 11.5 Å². The standard InChI is InChI=1S/C29H25FN8/c30-21-6-4-5-19(12-21)22-7-8-32-28-26(22)34-29(35-28)27-23-13-24(33-16-25(23)36-37-27)20-11-18(14-31-15-20)17-38-9-2-1-3-10-38/h4-8,11-16H,1-3,9-10,17H2,(H,36,37)(H,32,34,35). The van der Waals surface area contributed by atoms with E-state index in [9.17, 15) is 4.39 Å². The second-order valence-electron chi connectivity index (χ2n) is 9.76. The molecule has 6 heterocycles. The summed E-state index contributed by atoms with van der Waals surface area (Å²) in [6.45, 7) is 3.18. The molecule has 9 heteroatoms. The van der Waals surface area contributed by atoms with Crippen LogP contribution in [0.3, 0.4) is 0 Å². The minimum Gasteiger partial charge on any atom is -0.335 e. The van der Waals surface area contributed by atoms with Crippen LogP contribution < -0.4 is 0 Å². The smallest absolute Gasteiger partial charge is 0.178 e. The van der Waals surface area contributed by atoms with E-state index in [4.69, 9.17) is 4.98 Å². The van der Waals surface area contributed by atoms with Crippen molar-refractivity contribution in [2.75, 3.05) is 13.1 Å². The molecule has 1 saturated heterocycles. The maximum atomic E-state index is 13.9. The topological polar surface area (TPSA) is 99.3 Å². The van der Waals surface area contributed by atoms with Crippen molar-refractivity contribution in [2.24, 2.45) is 0 Å². The number of aromatic nitrogens is 7. The zero-order valence-electron chi connectivity index (χ0n) is 20.7. The number of pyridine rings is 3. The van der Waals surface area contributed by atoms with E-state index in [-0.39, 0.29) is 5.82 Å². The number of rotatable bonds is 5. The van der Waals surface area contributed by atoms with Crippen LogP contribution in [-0.4, -0.2) is 53.1 Å². The third-order valence-corrected chi connectivity index (χ3v) is 7.14. The molecule has 5 aromatic heterocycles. The van der Waals surface area contributed by atoms with Gasteiger partial charge in [0.25, 0.3) is 0 Å². The number of imidazole rings is 1. The normalized spacial score (nSPS) is 14.4. The second kappa shape index (κ2) is 9.42. The molecule has 1 aromatic carbocycles. The number of halogens is 1. The van der Waals surface area contributed by atoms with Crippen molar-refractivity contribution in [1.82, 2.24) is 40.0 Å². The van der Waals surface area contributed by atoms with E-state index in [2.05, 4.69) is 41.1 Å². The highest BCUT2D eigenvalue weighted by atomic mass is 19.1. The maximum absolute atomic E-state index is 13.9. The van der Waals surface area contributed by atoms with E-state index in [0.29, 0.717) is 17.2 Å². The summed E-state index contributed by atoms with van der Waals surface area (Å²) in [7, 11) is 0. The number of hydrogen-bond acceptors (Lipinski definition) is 6. The van der Waals surface area contributed by atoms with E-state index in [1.165, 1.54) is 37.0 Å². The Morgan fingerprint density at radius 1 is 0.921 bits per heavy atom. The first-order valence-corrected chi connectivity index (χ1v) is 12.8. The number of likely N-dealkylation sites (tertiary alicyclic amines) is 1. The van der Waals surface area contributed by atoms with E-state index >= 15 is 0 Å². The maximum Gasteiger partial charge on any atom is 0.178 e. The van der Waals surface area contributed by atoms with Gasteiger partial charge in [-0.3, -0.25) is 20.0 Å². The Kier molecular flexibility index (Phi) is 5.62. The van der Waals surface area contributed by atoms with Crippen LogP contribution in [0.5, 0.6) is 0 Å². The number of nitrogens with one attached hydrogen (secondary N) is 2. The summed E-state index contributed by atoms with van der Waals surface area (Å²) >= 11 is 0. The van der Waals surface area contributed by atoms with Crippen LogP contribution >= 0.6 is 0 Å². The van der Waals surface area contributed by atoms with Crippen LogP contribution in [0.1, 0.15) is 24.8 Å². The summed E-state index contributed by atoms with van der Waals surface area (Å²) in [5, 5.41) is 8.49. The molecule has 0 spiro atoms. The largest absolute Gasteiger partial charge is 0.335 e. The summed E-state index contributed by atoms with van der Waals surface area (Å²) in [5.74, 6) is 0.289. The molecule has 1 fully saturated rings. The molecule has 0 atom stereocenters. The first-order chi connectivity index (χ1) is 18.7. The first-order valence-electron chi connectivity index (χ1n) is 12.8. The molecular weight excluding hydrogens is 479 g/mol. The van der Waals surface area contributed by atoms with Gasteiger partial charge in [0.15, 0.2) is 11.5 Å². The highest BCUT2D eigenvalue weighted by Crippen LogP contribution is 2.32. The predicted molar refractivity (Wildman–Crippen MR) is 145 cm³/mol. The Balaban J connectivity index is 1.26. The van der Waals surface area contributed by atoms with Crippen LogP contribution in [0.2, 0.25) is 0 Å². The van der Waals surface area contributed by atoms with Gasteiger partial charge in [0.2, 0.25) is 0 Å². The average Bonchev–Trinajstić information content (AvgIpc) is 3.57. The van der Waals surface area contributed by atoms with E-state index in [0.717, 1.165) is 58.4 Å². The molecular formula is C29H25FN8. The number of fused-ring (bicyclic) bond motifs is 2. The van der Waals surface area contributed by atoms with Crippen molar-refractivity contribution in [2.45, 2.75) is 25.8 Å². The van der Waals surface area contributed by atoms with Gasteiger partial charge in [0, 0.05) is 41.6 Å². The van der Waals surface area contributed by atoms with Gasteiger partial charge >= 0.3 is 0 Å². The summed E-state index contributed by atoms with van der Waals surface area (Å²) < 4.78 is 13.9. The Hall–Kier alpha value is -4.50. The second-order valence-corrected chi connectivity index (χ2v) is 9.76. The molecule has 8 nitrogen and oxygen atoms in total. The van der Waals surface area contributed by atoms with Gasteiger partial charge in [-0.1, -0.05) is 18.6 Å². The molecule has 0 bridgehead atoms. The van der Waals surface area contributed by atoms with Crippen LogP contribution in [0.25, 0.3) is 56.0 Å². The van der Waals surface area contributed by atoms with E-state index in [1.54, 1.807) is 18.5 Å². The fraction of sp³-hybridized carbons (Fsp3) is 0.207. The predicted octanol–water partition coefficient (Wildman–Crippen LogP) is 5.75. The summed E-state index contributed by atoms with van der Waals surface area (Å²) in [6.07, 6.45) is 11.1. The van der Waals surface area contributed by atoms with Crippen LogP contribution in [0.15, 0.2) is 67.3 Å². The summed E-state index contributed by atoms with van der Waals surface area (Å²) in [5.41, 5.74) is 7.30. The Morgan fingerprint density at radius 2 is 1.84 bits per heavy atom. The number of benzene rings is 1. The first kappa shape index (κ1) is 22.7. The molecule has 188 valence electrons. The van der Waals surface area contributed by atoms with Crippen molar-refractivity contribution < 1.29 is 4.39 Å². The number of nitrogens with zero attached hydrogens (tertiary/aromatic N) is 6. The molecule has 0 amide bonds. The fourth-order valence-corrected chi connectivity index (χ4v) is 5.26. The van der Waals surface area contributed by atoms with E-state index in [1.807, 2.05) is 30.6 Å². The highest BCUT2D eigenvalue weighted by Gasteiger charge is 2.17. The molecule has 2 N–H and O–H groups in total. The average molecular weight is 505 g/mol. The van der Waals surface area contributed by atoms with Gasteiger partial charge in [-0.25, -0.2) is 14.4 Å². The molecule has 0 unspecified atom stereocenters. The minimum atomic E-state index is -0.292. The van der Waals surface area contributed by atoms with E-state index < -0.39 is 0 Å². The molecule has 1 aliphatic rings. The molecule has 38 heavy (non-hydrogen) atoms. The molecule has 0 aliphatic carbocycles. The van der Waals surface area contributed by atoms with Gasteiger partial charge in [-0.05, 0) is 67.4 Å². The summed E-state index contributed by atoms with van der Waals surface area (Å²) in [6, 6.07) is 12.5. The third kappa shape index (κ3) is 4.20.